The summed E-state index contributed by atoms with van der Waals surface area (Å²) in [7, 11) is 0. The molecule has 0 unspecified atom stereocenters. The first-order valence-electron chi connectivity index (χ1n) is 13.7. The van der Waals surface area contributed by atoms with Crippen molar-refractivity contribution in [2.24, 2.45) is 5.92 Å². The predicted molar refractivity (Wildman–Crippen MR) is 157 cm³/mol. The second-order valence-electron chi connectivity index (χ2n) is 10.4. The molecule has 0 atom stereocenters. The number of aromatic amines is 1. The van der Waals surface area contributed by atoms with Crippen molar-refractivity contribution in [1.82, 2.24) is 14.8 Å². The van der Waals surface area contributed by atoms with Gasteiger partial charge in [0.1, 0.15) is 12.3 Å². The lowest BCUT2D eigenvalue weighted by molar-refractivity contribution is -0.132. The zero-order chi connectivity index (χ0) is 27.8. The van der Waals surface area contributed by atoms with Crippen molar-refractivity contribution in [3.8, 4) is 5.75 Å². The minimum atomic E-state index is -0.116. The number of carbonyl (C=O) groups is 2. The molecule has 0 aliphatic heterocycles. The summed E-state index contributed by atoms with van der Waals surface area (Å²) in [6.45, 7) is 10.2. The Bertz CT molecular complexity index is 1370. The van der Waals surface area contributed by atoms with Gasteiger partial charge in [-0.15, -0.1) is 0 Å². The number of aromatic nitrogens is 1. The molecule has 0 bridgehead atoms. The molecule has 204 valence electrons. The number of ether oxygens (including phenoxy) is 1. The van der Waals surface area contributed by atoms with Gasteiger partial charge in [0.25, 0.3) is 5.91 Å². The number of H-pyrrole nitrogens is 1. The lowest BCUT2D eigenvalue weighted by atomic mass is 10.1. The van der Waals surface area contributed by atoms with Crippen LogP contribution in [0.5, 0.6) is 5.75 Å². The van der Waals surface area contributed by atoms with Gasteiger partial charge in [-0.3, -0.25) is 9.59 Å². The summed E-state index contributed by atoms with van der Waals surface area (Å²) >= 11 is 0. The van der Waals surface area contributed by atoms with Gasteiger partial charge in [0.2, 0.25) is 5.91 Å². The molecule has 6 heteroatoms. The Morgan fingerprint density at radius 1 is 0.923 bits per heavy atom. The van der Waals surface area contributed by atoms with E-state index in [0.717, 1.165) is 22.4 Å². The third kappa shape index (κ3) is 7.50. The van der Waals surface area contributed by atoms with E-state index in [1.165, 1.54) is 10.9 Å². The summed E-state index contributed by atoms with van der Waals surface area (Å²) in [5.41, 5.74) is 4.97. The van der Waals surface area contributed by atoms with E-state index in [-0.39, 0.29) is 24.3 Å². The van der Waals surface area contributed by atoms with Crippen LogP contribution in [0.25, 0.3) is 10.9 Å². The van der Waals surface area contributed by atoms with Crippen molar-refractivity contribution in [3.05, 3.63) is 101 Å². The topological polar surface area (TPSA) is 65.6 Å². The molecule has 0 fully saturated rings. The number of hydrogen-bond donors (Lipinski definition) is 1. The molecule has 1 aromatic heterocycles. The smallest absolute Gasteiger partial charge is 0.254 e. The third-order valence-electron chi connectivity index (χ3n) is 6.78. The Kier molecular flexibility index (Phi) is 9.42. The molecule has 0 saturated heterocycles. The second kappa shape index (κ2) is 13.1. The fraction of sp³-hybridized carbons (Fsp3) is 0.333. The summed E-state index contributed by atoms with van der Waals surface area (Å²) < 4.78 is 5.59. The molecule has 4 aromatic rings. The van der Waals surface area contributed by atoms with E-state index in [1.54, 1.807) is 4.90 Å². The maximum atomic E-state index is 13.8. The van der Waals surface area contributed by atoms with Crippen molar-refractivity contribution in [2.75, 3.05) is 26.2 Å². The molecule has 1 N–H and O–H groups in total. The highest BCUT2D eigenvalue weighted by molar-refractivity contribution is 5.96. The summed E-state index contributed by atoms with van der Waals surface area (Å²) in [6, 6.07) is 23.6. The summed E-state index contributed by atoms with van der Waals surface area (Å²) in [5.74, 6) is 0.863. The number of aryl methyl sites for hydroxylation is 1. The number of hydrogen-bond acceptors (Lipinski definition) is 3. The zero-order valence-corrected chi connectivity index (χ0v) is 23.4. The van der Waals surface area contributed by atoms with E-state index < -0.39 is 0 Å². The molecule has 0 radical (unpaired) electrons. The van der Waals surface area contributed by atoms with Gasteiger partial charge in [0.15, 0.2) is 0 Å². The SMILES string of the molecule is CCOc1ccc(CN(CCc2c[nH]c3ccccc23)C(=O)CN(CC(C)C)C(=O)c2ccc(C)cc2)cc1. The Hall–Kier alpha value is -4.06. The number of rotatable bonds is 12. The molecule has 0 aliphatic carbocycles. The molecule has 0 spiro atoms. The maximum absolute atomic E-state index is 13.8. The average Bonchev–Trinajstić information content (AvgIpc) is 3.34. The van der Waals surface area contributed by atoms with Gasteiger partial charge in [-0.05, 0) is 67.6 Å². The highest BCUT2D eigenvalue weighted by Crippen LogP contribution is 2.20. The fourth-order valence-electron chi connectivity index (χ4n) is 4.77. The molecule has 3 aromatic carbocycles. The van der Waals surface area contributed by atoms with Gasteiger partial charge < -0.3 is 19.5 Å². The van der Waals surface area contributed by atoms with Gasteiger partial charge in [0.05, 0.1) is 6.61 Å². The van der Waals surface area contributed by atoms with Crippen LogP contribution in [-0.2, 0) is 17.8 Å². The van der Waals surface area contributed by atoms with Gasteiger partial charge in [-0.25, -0.2) is 0 Å². The van der Waals surface area contributed by atoms with Crippen molar-refractivity contribution in [1.29, 1.82) is 0 Å². The van der Waals surface area contributed by atoms with Crippen molar-refractivity contribution in [3.63, 3.8) is 0 Å². The molecule has 0 saturated carbocycles. The third-order valence-corrected chi connectivity index (χ3v) is 6.78. The van der Waals surface area contributed by atoms with Gasteiger partial charge in [-0.2, -0.15) is 0 Å². The normalized spacial score (nSPS) is 11.1. The number of amides is 2. The number of carbonyl (C=O) groups excluding carboxylic acids is 2. The van der Waals surface area contributed by atoms with Crippen LogP contribution < -0.4 is 4.74 Å². The van der Waals surface area contributed by atoms with E-state index in [2.05, 4.69) is 31.0 Å². The molecule has 1 heterocycles. The minimum absolute atomic E-state index is 0.0375. The zero-order valence-electron chi connectivity index (χ0n) is 23.4. The lowest BCUT2D eigenvalue weighted by Crippen LogP contribution is -2.44. The maximum Gasteiger partial charge on any atom is 0.254 e. The number of nitrogens with zero attached hydrogens (tertiary/aromatic N) is 2. The van der Waals surface area contributed by atoms with Crippen LogP contribution in [0.3, 0.4) is 0 Å². The van der Waals surface area contributed by atoms with Crippen LogP contribution in [-0.4, -0.2) is 52.8 Å². The predicted octanol–water partition coefficient (Wildman–Crippen LogP) is 6.24. The van der Waals surface area contributed by atoms with Crippen LogP contribution in [0.15, 0.2) is 79.0 Å². The Balaban J connectivity index is 1.55. The van der Waals surface area contributed by atoms with E-state index in [0.29, 0.717) is 38.2 Å². The average molecular weight is 526 g/mol. The van der Waals surface area contributed by atoms with Crippen LogP contribution in [0.4, 0.5) is 0 Å². The van der Waals surface area contributed by atoms with Crippen molar-refractivity contribution in [2.45, 2.75) is 40.7 Å². The molecule has 4 rings (SSSR count). The van der Waals surface area contributed by atoms with Crippen LogP contribution in [0.2, 0.25) is 0 Å². The molecule has 0 aliphatic rings. The lowest BCUT2D eigenvalue weighted by Gasteiger charge is -2.29. The molecular formula is C33H39N3O3. The number of fused-ring (bicyclic) bond motifs is 1. The Labute approximate surface area is 231 Å². The monoisotopic (exact) mass is 525 g/mol. The molecule has 39 heavy (non-hydrogen) atoms. The largest absolute Gasteiger partial charge is 0.494 e. The first-order valence-corrected chi connectivity index (χ1v) is 13.7. The first kappa shape index (κ1) is 28.0. The van der Waals surface area contributed by atoms with E-state index in [4.69, 9.17) is 4.74 Å². The number of nitrogens with one attached hydrogen (secondary N) is 1. The Morgan fingerprint density at radius 3 is 2.33 bits per heavy atom. The standard InChI is InChI=1S/C33H39N3O3/c1-5-39-29-16-12-26(13-17-29)22-35(19-18-28-20-34-31-9-7-6-8-30(28)31)32(37)23-36(21-24(2)3)33(38)27-14-10-25(4)11-15-27/h6-17,20,24,34H,5,18-19,21-23H2,1-4H3. The Morgan fingerprint density at radius 2 is 1.64 bits per heavy atom. The van der Waals surface area contributed by atoms with Crippen LogP contribution >= 0.6 is 0 Å². The summed E-state index contributed by atoms with van der Waals surface area (Å²) in [4.78, 5) is 34.1. The highest BCUT2D eigenvalue weighted by atomic mass is 16.5. The quantitative estimate of drug-likeness (QED) is 0.238. The minimum Gasteiger partial charge on any atom is -0.494 e. The van der Waals surface area contributed by atoms with E-state index >= 15 is 0 Å². The summed E-state index contributed by atoms with van der Waals surface area (Å²) in [6.07, 6.45) is 2.74. The summed E-state index contributed by atoms with van der Waals surface area (Å²) in [5, 5.41) is 1.17. The number of para-hydroxylation sites is 1. The molecule has 6 nitrogen and oxygen atoms in total. The number of benzene rings is 3. The highest BCUT2D eigenvalue weighted by Gasteiger charge is 2.23. The molecule has 2 amide bonds. The van der Waals surface area contributed by atoms with E-state index in [9.17, 15) is 9.59 Å². The first-order chi connectivity index (χ1) is 18.8. The van der Waals surface area contributed by atoms with Gasteiger partial charge in [0, 0.05) is 42.3 Å². The molecular weight excluding hydrogens is 486 g/mol. The van der Waals surface area contributed by atoms with Crippen LogP contribution in [0.1, 0.15) is 47.8 Å². The van der Waals surface area contributed by atoms with Crippen molar-refractivity contribution < 1.29 is 14.3 Å². The second-order valence-corrected chi connectivity index (χ2v) is 10.4. The van der Waals surface area contributed by atoms with Gasteiger partial charge >= 0.3 is 0 Å². The van der Waals surface area contributed by atoms with Gasteiger partial charge in [-0.1, -0.05) is 61.9 Å². The fourth-order valence-corrected chi connectivity index (χ4v) is 4.77. The van der Waals surface area contributed by atoms with E-state index in [1.807, 2.05) is 85.6 Å². The van der Waals surface area contributed by atoms with Crippen LogP contribution in [0, 0.1) is 12.8 Å². The van der Waals surface area contributed by atoms with Crippen molar-refractivity contribution >= 4 is 22.7 Å².